The molecule has 0 aromatic rings. The van der Waals surface area contributed by atoms with Crippen molar-refractivity contribution in [3.05, 3.63) is 23.3 Å². The maximum atomic E-state index is 11.7. The lowest BCUT2D eigenvalue weighted by Gasteiger charge is -2.07. The smallest absolute Gasteiger partial charge is 0.422 e. The summed E-state index contributed by atoms with van der Waals surface area (Å²) in [6.07, 6.45) is -2.39. The Morgan fingerprint density at radius 3 is 2.06 bits per heavy atom. The SMILES string of the molecule is C/C(=C\C=C(/C)C(=O)OCC(F)(F)F)C(=O)O. The summed E-state index contributed by atoms with van der Waals surface area (Å²) in [5.74, 6) is -2.32. The average Bonchev–Trinajstić information content (AvgIpc) is 2.20. The number of carbonyl (C=O) groups excluding carboxylic acids is 1. The minimum atomic E-state index is -4.58. The van der Waals surface area contributed by atoms with Gasteiger partial charge in [0.05, 0.1) is 0 Å². The highest BCUT2D eigenvalue weighted by molar-refractivity contribution is 5.89. The van der Waals surface area contributed by atoms with Crippen LogP contribution in [0.15, 0.2) is 23.3 Å². The van der Waals surface area contributed by atoms with Crippen LogP contribution in [0.1, 0.15) is 13.8 Å². The van der Waals surface area contributed by atoms with Crippen LogP contribution in [-0.4, -0.2) is 29.8 Å². The molecule has 0 atom stereocenters. The lowest BCUT2D eigenvalue weighted by Crippen LogP contribution is -2.20. The molecule has 0 spiro atoms. The van der Waals surface area contributed by atoms with E-state index in [0.717, 1.165) is 12.2 Å². The molecule has 0 fully saturated rings. The van der Waals surface area contributed by atoms with E-state index >= 15 is 0 Å². The molecule has 0 bridgehead atoms. The maximum Gasteiger partial charge on any atom is 0.422 e. The molecule has 0 amide bonds. The summed E-state index contributed by atoms with van der Waals surface area (Å²) < 4.78 is 39.1. The van der Waals surface area contributed by atoms with Crippen molar-refractivity contribution in [3.63, 3.8) is 0 Å². The first-order valence-electron chi connectivity index (χ1n) is 4.46. The van der Waals surface area contributed by atoms with Gasteiger partial charge >= 0.3 is 18.1 Å². The molecule has 96 valence electrons. The molecule has 0 unspecified atom stereocenters. The number of allylic oxidation sites excluding steroid dienone is 2. The average molecular weight is 252 g/mol. The van der Waals surface area contributed by atoms with Gasteiger partial charge in [0.1, 0.15) is 0 Å². The maximum absolute atomic E-state index is 11.7. The topological polar surface area (TPSA) is 63.6 Å². The molecule has 0 radical (unpaired) electrons. The summed E-state index contributed by atoms with van der Waals surface area (Å²) in [6.45, 7) is 0.843. The van der Waals surface area contributed by atoms with Crippen molar-refractivity contribution >= 4 is 11.9 Å². The fourth-order valence-corrected chi connectivity index (χ4v) is 0.651. The Balaban J connectivity index is 4.46. The van der Waals surface area contributed by atoms with Crippen LogP contribution in [0.5, 0.6) is 0 Å². The molecule has 0 aromatic heterocycles. The number of esters is 1. The summed E-state index contributed by atoms with van der Waals surface area (Å²) >= 11 is 0. The van der Waals surface area contributed by atoms with Crippen molar-refractivity contribution in [1.82, 2.24) is 0 Å². The Bertz CT molecular complexity index is 366. The van der Waals surface area contributed by atoms with Crippen LogP contribution in [0, 0.1) is 0 Å². The molecule has 0 rings (SSSR count). The molecule has 0 aliphatic heterocycles. The first kappa shape index (κ1) is 15.2. The highest BCUT2D eigenvalue weighted by Gasteiger charge is 2.29. The molecule has 0 heterocycles. The van der Waals surface area contributed by atoms with Gasteiger partial charge in [-0.25, -0.2) is 9.59 Å². The predicted octanol–water partition coefficient (Wildman–Crippen LogP) is 2.07. The number of aliphatic carboxylic acids is 1. The van der Waals surface area contributed by atoms with Crippen LogP contribution in [0.4, 0.5) is 13.2 Å². The summed E-state index contributed by atoms with van der Waals surface area (Å²) in [4.78, 5) is 21.4. The van der Waals surface area contributed by atoms with Crippen molar-refractivity contribution < 1.29 is 32.6 Å². The molecular weight excluding hydrogens is 241 g/mol. The van der Waals surface area contributed by atoms with E-state index in [2.05, 4.69) is 4.74 Å². The lowest BCUT2D eigenvalue weighted by atomic mass is 10.2. The number of rotatable bonds is 4. The number of hydrogen-bond acceptors (Lipinski definition) is 3. The molecular formula is C10H11F3O4. The van der Waals surface area contributed by atoms with Gasteiger partial charge in [-0.3, -0.25) is 0 Å². The number of alkyl halides is 3. The zero-order valence-electron chi connectivity index (χ0n) is 9.17. The molecule has 0 aliphatic carbocycles. The van der Waals surface area contributed by atoms with Crippen LogP contribution in [0.3, 0.4) is 0 Å². The summed E-state index contributed by atoms with van der Waals surface area (Å²) in [6, 6.07) is 0. The summed E-state index contributed by atoms with van der Waals surface area (Å²) in [7, 11) is 0. The van der Waals surface area contributed by atoms with E-state index in [0.29, 0.717) is 0 Å². The monoisotopic (exact) mass is 252 g/mol. The van der Waals surface area contributed by atoms with Gasteiger partial charge in [0, 0.05) is 11.1 Å². The van der Waals surface area contributed by atoms with Crippen LogP contribution in [0.2, 0.25) is 0 Å². The third-order valence-electron chi connectivity index (χ3n) is 1.61. The Morgan fingerprint density at radius 1 is 1.18 bits per heavy atom. The van der Waals surface area contributed by atoms with Gasteiger partial charge < -0.3 is 9.84 Å². The third-order valence-corrected chi connectivity index (χ3v) is 1.61. The van der Waals surface area contributed by atoms with Gasteiger partial charge in [-0.05, 0) is 13.8 Å². The predicted molar refractivity (Wildman–Crippen MR) is 52.2 cm³/mol. The Labute approximate surface area is 95.4 Å². The molecule has 0 aromatic carbocycles. The molecule has 0 saturated carbocycles. The van der Waals surface area contributed by atoms with Gasteiger partial charge in [0.25, 0.3) is 0 Å². The van der Waals surface area contributed by atoms with E-state index in [-0.39, 0.29) is 11.1 Å². The van der Waals surface area contributed by atoms with Crippen molar-refractivity contribution in [2.75, 3.05) is 6.61 Å². The number of hydrogen-bond donors (Lipinski definition) is 1. The molecule has 0 saturated heterocycles. The van der Waals surface area contributed by atoms with Crippen LogP contribution >= 0.6 is 0 Å². The van der Waals surface area contributed by atoms with Crippen molar-refractivity contribution in [3.8, 4) is 0 Å². The van der Waals surface area contributed by atoms with E-state index < -0.39 is 24.7 Å². The first-order chi connectivity index (χ1) is 7.63. The van der Waals surface area contributed by atoms with E-state index in [9.17, 15) is 22.8 Å². The fraction of sp³-hybridized carbons (Fsp3) is 0.400. The molecule has 17 heavy (non-hydrogen) atoms. The molecule has 0 aliphatic rings. The number of carboxylic acids is 1. The Morgan fingerprint density at radius 2 is 1.65 bits per heavy atom. The molecule has 1 N–H and O–H groups in total. The van der Waals surface area contributed by atoms with Crippen LogP contribution in [0.25, 0.3) is 0 Å². The van der Waals surface area contributed by atoms with E-state index in [4.69, 9.17) is 5.11 Å². The first-order valence-corrected chi connectivity index (χ1v) is 4.46. The van der Waals surface area contributed by atoms with Gasteiger partial charge in [0.2, 0.25) is 0 Å². The normalized spacial score (nSPS) is 13.5. The largest absolute Gasteiger partial charge is 0.478 e. The Kier molecular flexibility index (Phi) is 5.43. The van der Waals surface area contributed by atoms with Crippen molar-refractivity contribution in [2.24, 2.45) is 0 Å². The molecule has 4 nitrogen and oxygen atoms in total. The second kappa shape index (κ2) is 6.07. The van der Waals surface area contributed by atoms with Crippen LogP contribution < -0.4 is 0 Å². The summed E-state index contributed by atoms with van der Waals surface area (Å²) in [5.41, 5.74) is -0.164. The van der Waals surface area contributed by atoms with Crippen molar-refractivity contribution in [2.45, 2.75) is 20.0 Å². The number of carbonyl (C=O) groups is 2. The van der Waals surface area contributed by atoms with Gasteiger partial charge in [-0.15, -0.1) is 0 Å². The van der Waals surface area contributed by atoms with E-state index in [1.807, 2.05) is 0 Å². The minimum absolute atomic E-state index is 0.0482. The number of halogens is 3. The Hall–Kier alpha value is -1.79. The second-order valence-electron chi connectivity index (χ2n) is 3.20. The fourth-order valence-electron chi connectivity index (χ4n) is 0.651. The van der Waals surface area contributed by atoms with Crippen LogP contribution in [-0.2, 0) is 14.3 Å². The zero-order valence-corrected chi connectivity index (χ0v) is 9.17. The van der Waals surface area contributed by atoms with E-state index in [1.165, 1.54) is 13.8 Å². The highest BCUT2D eigenvalue weighted by Crippen LogP contribution is 2.15. The van der Waals surface area contributed by atoms with E-state index in [1.54, 1.807) is 0 Å². The minimum Gasteiger partial charge on any atom is -0.478 e. The highest BCUT2D eigenvalue weighted by atomic mass is 19.4. The summed E-state index contributed by atoms with van der Waals surface area (Å²) in [5, 5.41) is 8.48. The number of ether oxygens (including phenoxy) is 1. The number of carboxylic acid groups (broad SMARTS) is 1. The van der Waals surface area contributed by atoms with Crippen molar-refractivity contribution in [1.29, 1.82) is 0 Å². The standard InChI is InChI=1S/C10H11F3O4/c1-6(8(14)15)3-4-7(2)9(16)17-5-10(11,12)13/h3-4H,5H2,1-2H3,(H,14,15)/b6-3+,7-4+. The van der Waals surface area contributed by atoms with Gasteiger partial charge in [-0.1, -0.05) is 12.2 Å². The quantitative estimate of drug-likeness (QED) is 0.472. The van der Waals surface area contributed by atoms with Gasteiger partial charge in [0.15, 0.2) is 6.61 Å². The second-order valence-corrected chi connectivity index (χ2v) is 3.20. The third kappa shape index (κ3) is 7.15. The van der Waals surface area contributed by atoms with Gasteiger partial charge in [-0.2, -0.15) is 13.2 Å². The lowest BCUT2D eigenvalue weighted by molar-refractivity contribution is -0.183. The molecule has 7 heteroatoms. The zero-order chi connectivity index (χ0) is 13.6.